The van der Waals surface area contributed by atoms with Crippen LogP contribution in [0.15, 0.2) is 65.6 Å². The predicted molar refractivity (Wildman–Crippen MR) is 120 cm³/mol. The van der Waals surface area contributed by atoms with Crippen LogP contribution in [0.1, 0.15) is 31.1 Å². The van der Waals surface area contributed by atoms with Crippen molar-refractivity contribution in [3.05, 3.63) is 82.3 Å². The zero-order chi connectivity index (χ0) is 24.0. The number of imide groups is 1. The predicted octanol–water partition coefficient (Wildman–Crippen LogP) is 1.85. The summed E-state index contributed by atoms with van der Waals surface area (Å²) in [6.45, 7) is -0.228. The number of carbonyl (C=O) groups is 5. The number of rotatable bonds is 5. The number of amides is 3. The Morgan fingerprint density at radius 2 is 1.56 bits per heavy atom. The van der Waals surface area contributed by atoms with Gasteiger partial charge in [-0.25, -0.2) is 9.59 Å². The van der Waals surface area contributed by atoms with Crippen LogP contribution in [0.4, 0.5) is 0 Å². The summed E-state index contributed by atoms with van der Waals surface area (Å²) in [7, 11) is 1.19. The highest BCUT2D eigenvalue weighted by molar-refractivity contribution is 8.03. The summed E-state index contributed by atoms with van der Waals surface area (Å²) in [5.74, 6) is -2.92. The molecule has 5 rings (SSSR count). The number of ether oxygens (including phenoxy) is 2. The molecule has 0 aromatic heterocycles. The van der Waals surface area contributed by atoms with Crippen LogP contribution < -0.4 is 0 Å². The number of methoxy groups -OCH3 is 1. The average molecular weight is 478 g/mol. The lowest BCUT2D eigenvalue weighted by atomic mass is 9.97. The maximum absolute atomic E-state index is 13.2. The van der Waals surface area contributed by atoms with Crippen LogP contribution in [0, 0.1) is 0 Å². The Morgan fingerprint density at radius 3 is 2.18 bits per heavy atom. The quantitative estimate of drug-likeness (QED) is 0.364. The van der Waals surface area contributed by atoms with Crippen molar-refractivity contribution in [1.82, 2.24) is 9.80 Å². The van der Waals surface area contributed by atoms with E-state index in [9.17, 15) is 24.0 Å². The van der Waals surface area contributed by atoms with Gasteiger partial charge in [-0.05, 0) is 29.7 Å². The van der Waals surface area contributed by atoms with Gasteiger partial charge in [0.25, 0.3) is 17.7 Å². The molecule has 0 bridgehead atoms. The fraction of sp³-hybridized carbons (Fsp3) is 0.208. The molecule has 1 fully saturated rings. The van der Waals surface area contributed by atoms with Crippen molar-refractivity contribution in [2.75, 3.05) is 13.7 Å². The molecule has 10 heteroatoms. The summed E-state index contributed by atoms with van der Waals surface area (Å²) in [6.07, 6.45) is 0. The molecule has 1 saturated heterocycles. The third kappa shape index (κ3) is 3.29. The molecule has 0 radical (unpaired) electrons. The molecule has 3 heterocycles. The molecule has 0 N–H and O–H groups in total. The highest BCUT2D eigenvalue weighted by atomic mass is 32.2. The second-order valence-electron chi connectivity index (χ2n) is 7.80. The molecule has 9 nitrogen and oxygen atoms in total. The first-order chi connectivity index (χ1) is 16.4. The van der Waals surface area contributed by atoms with Crippen LogP contribution in [0.2, 0.25) is 0 Å². The molecule has 0 spiro atoms. The summed E-state index contributed by atoms with van der Waals surface area (Å²) in [5, 5.41) is 0.964. The number of thioether (sulfide) groups is 1. The van der Waals surface area contributed by atoms with Gasteiger partial charge < -0.3 is 14.4 Å². The monoisotopic (exact) mass is 478 g/mol. The highest BCUT2D eigenvalue weighted by Gasteiger charge is 2.61. The molecule has 2 aromatic rings. The van der Waals surface area contributed by atoms with E-state index in [-0.39, 0.29) is 17.7 Å². The summed E-state index contributed by atoms with van der Waals surface area (Å²) >= 11 is 1.18. The Kier molecular flexibility index (Phi) is 5.45. The number of hydrogen-bond donors (Lipinski definition) is 0. The van der Waals surface area contributed by atoms with Crippen molar-refractivity contribution in [1.29, 1.82) is 0 Å². The molecule has 2 aromatic carbocycles. The van der Waals surface area contributed by atoms with Gasteiger partial charge in [0.15, 0.2) is 6.04 Å². The number of carbonyl (C=O) groups excluding carboxylic acids is 5. The minimum absolute atomic E-state index is 0.228. The molecule has 3 aliphatic rings. The third-order valence-corrected chi connectivity index (χ3v) is 7.15. The molecule has 0 aliphatic carbocycles. The van der Waals surface area contributed by atoms with Crippen molar-refractivity contribution in [3.63, 3.8) is 0 Å². The van der Waals surface area contributed by atoms with Crippen molar-refractivity contribution in [3.8, 4) is 0 Å². The zero-order valence-electron chi connectivity index (χ0n) is 17.9. The number of esters is 2. The molecule has 3 aliphatic heterocycles. The van der Waals surface area contributed by atoms with Crippen molar-refractivity contribution in [2.45, 2.75) is 17.5 Å². The van der Waals surface area contributed by atoms with E-state index in [4.69, 9.17) is 9.47 Å². The topological polar surface area (TPSA) is 110 Å². The summed E-state index contributed by atoms with van der Waals surface area (Å²) in [4.78, 5) is 66.1. The Morgan fingerprint density at radius 1 is 0.941 bits per heavy atom. The molecular weight excluding hydrogens is 460 g/mol. The Hall–Kier alpha value is -3.92. The highest BCUT2D eigenvalue weighted by Crippen LogP contribution is 2.44. The van der Waals surface area contributed by atoms with Gasteiger partial charge >= 0.3 is 11.9 Å². The lowest BCUT2D eigenvalue weighted by molar-refractivity contribution is -0.163. The van der Waals surface area contributed by atoms with E-state index in [1.54, 1.807) is 60.0 Å². The lowest BCUT2D eigenvalue weighted by Gasteiger charge is -2.53. The van der Waals surface area contributed by atoms with Crippen LogP contribution >= 0.6 is 11.8 Å². The van der Waals surface area contributed by atoms with Gasteiger partial charge in [0.05, 0.1) is 23.8 Å². The van der Waals surface area contributed by atoms with Crippen LogP contribution in [-0.2, 0) is 19.1 Å². The lowest BCUT2D eigenvalue weighted by Crippen LogP contribution is -2.74. The second-order valence-corrected chi connectivity index (χ2v) is 8.79. The zero-order valence-corrected chi connectivity index (χ0v) is 18.7. The normalized spacial score (nSPS) is 23.0. The van der Waals surface area contributed by atoms with E-state index >= 15 is 0 Å². The van der Waals surface area contributed by atoms with E-state index in [2.05, 4.69) is 0 Å². The first-order valence-corrected chi connectivity index (χ1v) is 11.3. The minimum atomic E-state index is -1.13. The molecular formula is C24H18N2O7S. The molecule has 172 valence electrons. The van der Waals surface area contributed by atoms with Gasteiger partial charge in [0.2, 0.25) is 0 Å². The van der Waals surface area contributed by atoms with Crippen molar-refractivity contribution < 1.29 is 33.4 Å². The number of benzene rings is 2. The summed E-state index contributed by atoms with van der Waals surface area (Å²) in [6, 6.07) is 12.6. The molecule has 3 amide bonds. The average Bonchev–Trinajstić information content (AvgIpc) is 3.12. The van der Waals surface area contributed by atoms with Crippen LogP contribution in [-0.4, -0.2) is 70.6 Å². The van der Waals surface area contributed by atoms with Gasteiger partial charge in [-0.3, -0.25) is 19.3 Å². The Balaban J connectivity index is 1.38. The first-order valence-electron chi connectivity index (χ1n) is 10.4. The first kappa shape index (κ1) is 21.9. The van der Waals surface area contributed by atoms with E-state index in [1.165, 1.54) is 23.8 Å². The Labute approximate surface area is 198 Å². The number of hydrogen-bond acceptors (Lipinski definition) is 8. The minimum Gasteiger partial charge on any atom is -0.467 e. The van der Waals surface area contributed by atoms with Crippen molar-refractivity contribution >= 4 is 41.4 Å². The standard InChI is InChI=1S/C24H18N2O7S/c1-32-24(31)17-14(11-33-23(30)13-7-3-2-4-8-13)12-34-22-18(21(29)26(17)22)25-19(27)15-9-5-6-10-16(15)20(25)28/h2-10,12,17-18,22H,11H2,1H3/t17-,18-,22-/m1/s1. The molecule has 0 saturated carbocycles. The van der Waals surface area contributed by atoms with Gasteiger partial charge in [0, 0.05) is 5.57 Å². The number of fused-ring (bicyclic) bond motifs is 2. The SMILES string of the molecule is COC(=O)[C@H]1C(COC(=O)c2ccccc2)=CS[C@@H]2[C@H](N3C(=O)c4ccccc4C3=O)C(=O)N12. The van der Waals surface area contributed by atoms with Gasteiger partial charge in [0.1, 0.15) is 18.0 Å². The van der Waals surface area contributed by atoms with E-state index in [1.807, 2.05) is 0 Å². The van der Waals surface area contributed by atoms with Gasteiger partial charge in [-0.15, -0.1) is 11.8 Å². The number of β-lactam (4-membered cyclic amide) rings is 1. The third-order valence-electron chi connectivity index (χ3n) is 5.95. The van der Waals surface area contributed by atoms with Gasteiger partial charge in [-0.2, -0.15) is 0 Å². The smallest absolute Gasteiger partial charge is 0.338 e. The second kappa shape index (κ2) is 8.45. The maximum Gasteiger partial charge on any atom is 0.338 e. The summed E-state index contributed by atoms with van der Waals surface area (Å²) < 4.78 is 10.2. The molecule has 3 atom stereocenters. The fourth-order valence-electron chi connectivity index (χ4n) is 4.28. The largest absolute Gasteiger partial charge is 0.467 e. The molecule has 0 unspecified atom stereocenters. The van der Waals surface area contributed by atoms with Crippen LogP contribution in [0.25, 0.3) is 0 Å². The Bertz CT molecular complexity index is 1220. The van der Waals surface area contributed by atoms with Crippen LogP contribution in [0.5, 0.6) is 0 Å². The van der Waals surface area contributed by atoms with E-state index in [0.717, 1.165) is 4.90 Å². The molecule has 34 heavy (non-hydrogen) atoms. The van der Waals surface area contributed by atoms with E-state index in [0.29, 0.717) is 11.1 Å². The summed E-state index contributed by atoms with van der Waals surface area (Å²) in [5.41, 5.74) is 1.21. The van der Waals surface area contributed by atoms with Crippen LogP contribution in [0.3, 0.4) is 0 Å². The fourth-order valence-corrected chi connectivity index (χ4v) is 5.53. The van der Waals surface area contributed by atoms with Gasteiger partial charge in [-0.1, -0.05) is 30.3 Å². The van der Waals surface area contributed by atoms with Crippen molar-refractivity contribution in [2.24, 2.45) is 0 Å². The van der Waals surface area contributed by atoms with E-state index < -0.39 is 47.1 Å². The number of nitrogens with zero attached hydrogens (tertiary/aromatic N) is 2. The maximum atomic E-state index is 13.2.